The van der Waals surface area contributed by atoms with E-state index < -0.39 is 16.0 Å². The maximum atomic E-state index is 12.3. The van der Waals surface area contributed by atoms with Gasteiger partial charge in [0.25, 0.3) is 0 Å². The molecule has 7 heteroatoms. The first kappa shape index (κ1) is 15.3. The summed E-state index contributed by atoms with van der Waals surface area (Å²) in [5, 5.41) is 9.17. The monoisotopic (exact) mass is 317 g/mol. The normalized spacial score (nSPS) is 21.8. The van der Waals surface area contributed by atoms with E-state index in [1.807, 2.05) is 6.92 Å². The molecule has 0 aromatic heterocycles. The highest BCUT2D eigenvalue weighted by atomic mass is 35.5. The van der Waals surface area contributed by atoms with Crippen molar-refractivity contribution in [1.29, 1.82) is 0 Å². The summed E-state index contributed by atoms with van der Waals surface area (Å²) in [5.74, 6) is -0.831. The summed E-state index contributed by atoms with van der Waals surface area (Å²) in [5.41, 5.74) is 0.101. The smallest absolute Gasteiger partial charge is 0.336 e. The van der Waals surface area contributed by atoms with Gasteiger partial charge in [-0.15, -0.1) is 0 Å². The van der Waals surface area contributed by atoms with Crippen molar-refractivity contribution < 1.29 is 18.3 Å². The molecule has 0 bridgehead atoms. The van der Waals surface area contributed by atoms with Crippen LogP contribution in [0.4, 0.5) is 0 Å². The molecule has 2 unspecified atom stereocenters. The molecule has 0 heterocycles. The number of carboxylic acid groups (broad SMARTS) is 1. The van der Waals surface area contributed by atoms with Crippen LogP contribution in [0.15, 0.2) is 17.0 Å². The first-order valence-corrected chi connectivity index (χ1v) is 8.18. The zero-order valence-corrected chi connectivity index (χ0v) is 12.8. The Labute approximate surface area is 123 Å². The number of rotatable bonds is 5. The predicted molar refractivity (Wildman–Crippen MR) is 75.7 cm³/mol. The first-order chi connectivity index (χ1) is 9.26. The summed E-state index contributed by atoms with van der Waals surface area (Å²) in [6.45, 7) is 3.48. The van der Waals surface area contributed by atoms with Gasteiger partial charge in [0.05, 0.1) is 10.5 Å². The van der Waals surface area contributed by atoms with Crippen LogP contribution in [0.1, 0.15) is 35.7 Å². The van der Waals surface area contributed by atoms with E-state index in [1.165, 1.54) is 19.1 Å². The van der Waals surface area contributed by atoms with Gasteiger partial charge in [-0.3, -0.25) is 0 Å². The van der Waals surface area contributed by atoms with Crippen LogP contribution >= 0.6 is 11.6 Å². The Morgan fingerprint density at radius 2 is 2.15 bits per heavy atom. The molecule has 1 aliphatic carbocycles. The number of carboxylic acids is 1. The minimum Gasteiger partial charge on any atom is -0.478 e. The van der Waals surface area contributed by atoms with E-state index in [1.54, 1.807) is 0 Å². The Morgan fingerprint density at radius 3 is 2.65 bits per heavy atom. The second-order valence-electron chi connectivity index (χ2n) is 5.01. The second kappa shape index (κ2) is 5.35. The molecule has 0 radical (unpaired) electrons. The van der Waals surface area contributed by atoms with Gasteiger partial charge in [0.15, 0.2) is 0 Å². The lowest BCUT2D eigenvalue weighted by Gasteiger charge is -2.11. The van der Waals surface area contributed by atoms with Crippen molar-refractivity contribution in [1.82, 2.24) is 4.72 Å². The first-order valence-electron chi connectivity index (χ1n) is 6.32. The third-order valence-corrected chi connectivity index (χ3v) is 5.43. The molecule has 20 heavy (non-hydrogen) atoms. The molecular formula is C13H16ClNO4S. The van der Waals surface area contributed by atoms with Crippen molar-refractivity contribution >= 4 is 27.6 Å². The van der Waals surface area contributed by atoms with Crippen molar-refractivity contribution in [3.8, 4) is 0 Å². The van der Waals surface area contributed by atoms with E-state index in [0.717, 1.165) is 12.8 Å². The average Bonchev–Trinajstić information content (AvgIpc) is 3.08. The largest absolute Gasteiger partial charge is 0.478 e. The third kappa shape index (κ3) is 2.97. The molecular weight excluding hydrogens is 302 g/mol. The molecule has 5 nitrogen and oxygen atoms in total. The minimum atomic E-state index is -3.75. The van der Waals surface area contributed by atoms with Crippen molar-refractivity contribution in [2.24, 2.45) is 5.92 Å². The third-order valence-electron chi connectivity index (χ3n) is 3.60. The van der Waals surface area contributed by atoms with Crippen LogP contribution in [0, 0.1) is 12.8 Å². The van der Waals surface area contributed by atoms with Crippen molar-refractivity contribution in [3.63, 3.8) is 0 Å². The zero-order valence-electron chi connectivity index (χ0n) is 11.2. The van der Waals surface area contributed by atoms with Crippen LogP contribution in [0.25, 0.3) is 0 Å². The van der Waals surface area contributed by atoms with E-state index >= 15 is 0 Å². The predicted octanol–water partition coefficient (Wildman–Crippen LogP) is 2.42. The molecule has 1 aliphatic rings. The zero-order chi connectivity index (χ0) is 15.1. The van der Waals surface area contributed by atoms with E-state index in [2.05, 4.69) is 4.72 Å². The van der Waals surface area contributed by atoms with E-state index in [0.29, 0.717) is 5.92 Å². The maximum absolute atomic E-state index is 12.3. The highest BCUT2D eigenvalue weighted by Gasteiger charge is 2.39. The lowest BCUT2D eigenvalue weighted by molar-refractivity contribution is 0.0696. The highest BCUT2D eigenvalue weighted by Crippen LogP contribution is 2.35. The van der Waals surface area contributed by atoms with Crippen LogP contribution in [-0.4, -0.2) is 25.5 Å². The number of hydrogen-bond acceptors (Lipinski definition) is 3. The highest BCUT2D eigenvalue weighted by molar-refractivity contribution is 7.89. The Morgan fingerprint density at radius 1 is 1.50 bits per heavy atom. The number of hydrogen-bond donors (Lipinski definition) is 2. The van der Waals surface area contributed by atoms with Crippen LogP contribution < -0.4 is 4.72 Å². The number of carbonyl (C=O) groups is 1. The van der Waals surface area contributed by atoms with Crippen molar-refractivity contribution in [3.05, 3.63) is 28.3 Å². The lowest BCUT2D eigenvalue weighted by Crippen LogP contribution is -2.28. The molecule has 110 valence electrons. The fourth-order valence-corrected chi connectivity index (χ4v) is 4.15. The average molecular weight is 318 g/mol. The topological polar surface area (TPSA) is 83.5 Å². The van der Waals surface area contributed by atoms with Crippen molar-refractivity contribution in [2.75, 3.05) is 0 Å². The van der Waals surface area contributed by atoms with Gasteiger partial charge in [0.1, 0.15) is 0 Å². The Hall–Kier alpha value is -1.11. The van der Waals surface area contributed by atoms with Gasteiger partial charge in [0.2, 0.25) is 10.0 Å². The molecule has 1 aromatic carbocycles. The van der Waals surface area contributed by atoms with E-state index in [9.17, 15) is 13.2 Å². The fraction of sp³-hybridized carbons (Fsp3) is 0.462. The molecule has 0 saturated heterocycles. The molecule has 0 spiro atoms. The summed E-state index contributed by atoms with van der Waals surface area (Å²) >= 11 is 5.82. The number of halogens is 1. The Balaban J connectivity index is 2.39. The summed E-state index contributed by atoms with van der Waals surface area (Å²) in [6, 6.07) is 2.48. The van der Waals surface area contributed by atoms with Crippen LogP contribution in [0.5, 0.6) is 0 Å². The Bertz CT molecular complexity index is 657. The van der Waals surface area contributed by atoms with Gasteiger partial charge in [-0.25, -0.2) is 17.9 Å². The minimum absolute atomic E-state index is 0.0586. The molecule has 2 atom stereocenters. The number of sulfonamides is 1. The van der Waals surface area contributed by atoms with E-state index in [-0.39, 0.29) is 27.1 Å². The lowest BCUT2D eigenvalue weighted by atomic mass is 10.1. The summed E-state index contributed by atoms with van der Waals surface area (Å²) < 4.78 is 27.3. The number of aromatic carboxylic acids is 1. The molecule has 0 aliphatic heterocycles. The van der Waals surface area contributed by atoms with Crippen LogP contribution in [0.2, 0.25) is 5.02 Å². The summed E-state index contributed by atoms with van der Waals surface area (Å²) in [6.07, 6.45) is 1.74. The molecule has 1 fully saturated rings. The standard InChI is InChI=1S/C13H16ClNO4S/c1-3-8-4-11(8)15-20(18,19)12-6-9(14)5-10(7(12)2)13(16)17/h5-6,8,11,15H,3-4H2,1-2H3,(H,16,17). The molecule has 2 N–H and O–H groups in total. The number of benzene rings is 1. The van der Waals surface area contributed by atoms with Gasteiger partial charge >= 0.3 is 5.97 Å². The molecule has 1 saturated carbocycles. The molecule has 0 amide bonds. The number of nitrogens with one attached hydrogen (secondary N) is 1. The van der Waals surface area contributed by atoms with Gasteiger partial charge in [-0.05, 0) is 37.0 Å². The van der Waals surface area contributed by atoms with Gasteiger partial charge in [0, 0.05) is 11.1 Å². The van der Waals surface area contributed by atoms with Crippen LogP contribution in [-0.2, 0) is 10.0 Å². The molecule has 1 aromatic rings. The fourth-order valence-electron chi connectivity index (χ4n) is 2.26. The SMILES string of the molecule is CCC1CC1NS(=O)(=O)c1cc(Cl)cc(C(=O)O)c1C. The quantitative estimate of drug-likeness (QED) is 0.873. The van der Waals surface area contributed by atoms with Gasteiger partial charge < -0.3 is 5.11 Å². The Kier molecular flexibility index (Phi) is 4.09. The second-order valence-corrected chi connectivity index (χ2v) is 7.13. The maximum Gasteiger partial charge on any atom is 0.336 e. The van der Waals surface area contributed by atoms with Gasteiger partial charge in [-0.2, -0.15) is 0 Å². The summed E-state index contributed by atoms with van der Waals surface area (Å²) in [4.78, 5) is 11.0. The summed E-state index contributed by atoms with van der Waals surface area (Å²) in [7, 11) is -3.75. The van der Waals surface area contributed by atoms with E-state index in [4.69, 9.17) is 16.7 Å². The van der Waals surface area contributed by atoms with Gasteiger partial charge in [-0.1, -0.05) is 24.9 Å². The van der Waals surface area contributed by atoms with Crippen molar-refractivity contribution in [2.45, 2.75) is 37.6 Å². The molecule has 2 rings (SSSR count). The van der Waals surface area contributed by atoms with Crippen LogP contribution in [0.3, 0.4) is 0 Å².